The van der Waals surface area contributed by atoms with E-state index in [1.807, 2.05) is 19.2 Å². The molecule has 3 aromatic heterocycles. The van der Waals surface area contributed by atoms with Crippen LogP contribution in [-0.4, -0.2) is 30.2 Å². The molecule has 0 amide bonds. The first-order valence-corrected chi connectivity index (χ1v) is 6.72. The van der Waals surface area contributed by atoms with E-state index in [0.717, 1.165) is 18.0 Å². The average Bonchev–Trinajstić information content (AvgIpc) is 3.08. The summed E-state index contributed by atoms with van der Waals surface area (Å²) in [5.74, 6) is 1.10. The van der Waals surface area contributed by atoms with Gasteiger partial charge in [-0.1, -0.05) is 0 Å². The molecule has 7 nitrogen and oxygen atoms in total. The Hall–Kier alpha value is -2.09. The highest BCUT2D eigenvalue weighted by Gasteiger charge is 2.21. The van der Waals surface area contributed by atoms with E-state index in [1.54, 1.807) is 10.8 Å². The van der Waals surface area contributed by atoms with Crippen LogP contribution in [0.15, 0.2) is 27.4 Å². The lowest BCUT2D eigenvalue weighted by Gasteiger charge is -1.98. The first-order chi connectivity index (χ1) is 9.58. The molecule has 1 N–H and O–H groups in total. The molecule has 0 fully saturated rings. The van der Waals surface area contributed by atoms with E-state index in [9.17, 15) is 4.79 Å². The fraction of sp³-hybridized carbons (Fsp3) is 0.250. The molecule has 0 radical (unpaired) electrons. The molecule has 0 saturated carbocycles. The van der Waals surface area contributed by atoms with Crippen molar-refractivity contribution in [2.75, 3.05) is 0 Å². The minimum atomic E-state index is -1.08. The van der Waals surface area contributed by atoms with Crippen molar-refractivity contribution in [3.8, 4) is 0 Å². The minimum absolute atomic E-state index is 0.0410. The van der Waals surface area contributed by atoms with Gasteiger partial charge in [-0.05, 0) is 28.1 Å². The first-order valence-electron chi connectivity index (χ1n) is 5.93. The molecule has 104 valence electrons. The van der Waals surface area contributed by atoms with Crippen LogP contribution in [0.2, 0.25) is 0 Å². The molecular formula is C12H11BrN4O3. The van der Waals surface area contributed by atoms with Gasteiger partial charge in [0.2, 0.25) is 5.78 Å². The van der Waals surface area contributed by atoms with Gasteiger partial charge in [-0.2, -0.15) is 9.61 Å². The number of aromatic nitrogens is 4. The summed E-state index contributed by atoms with van der Waals surface area (Å²) in [4.78, 5) is 15.1. The summed E-state index contributed by atoms with van der Waals surface area (Å²) in [7, 11) is 1.81. The lowest BCUT2D eigenvalue weighted by Crippen LogP contribution is -2.03. The van der Waals surface area contributed by atoms with Crippen molar-refractivity contribution in [3.63, 3.8) is 0 Å². The maximum Gasteiger partial charge on any atom is 0.357 e. The van der Waals surface area contributed by atoms with E-state index in [1.165, 1.54) is 4.52 Å². The smallest absolute Gasteiger partial charge is 0.357 e. The molecule has 0 aromatic carbocycles. The van der Waals surface area contributed by atoms with Gasteiger partial charge in [0.15, 0.2) is 5.69 Å². The highest BCUT2D eigenvalue weighted by atomic mass is 79.9. The summed E-state index contributed by atoms with van der Waals surface area (Å²) in [6.07, 6.45) is 3.04. The molecule has 0 atom stereocenters. The summed E-state index contributed by atoms with van der Waals surface area (Å²) in [5, 5.41) is 13.4. The molecular weight excluding hydrogens is 328 g/mol. The third kappa shape index (κ3) is 2.01. The number of carboxylic acids is 1. The largest absolute Gasteiger partial charge is 0.476 e. The first kappa shape index (κ1) is 12.9. The molecule has 0 saturated heterocycles. The van der Waals surface area contributed by atoms with Gasteiger partial charge in [0.25, 0.3) is 0 Å². The van der Waals surface area contributed by atoms with E-state index in [0.29, 0.717) is 16.8 Å². The molecule has 3 rings (SSSR count). The van der Waals surface area contributed by atoms with Gasteiger partial charge >= 0.3 is 5.97 Å². The van der Waals surface area contributed by atoms with Gasteiger partial charge in [0, 0.05) is 19.9 Å². The van der Waals surface area contributed by atoms with E-state index in [-0.39, 0.29) is 5.69 Å². The second-order valence-electron chi connectivity index (χ2n) is 4.32. The lowest BCUT2D eigenvalue weighted by atomic mass is 10.2. The zero-order chi connectivity index (χ0) is 14.3. The van der Waals surface area contributed by atoms with E-state index in [4.69, 9.17) is 9.52 Å². The van der Waals surface area contributed by atoms with Gasteiger partial charge in [-0.3, -0.25) is 4.57 Å². The maximum absolute atomic E-state index is 11.0. The summed E-state index contributed by atoms with van der Waals surface area (Å²) in [6, 6.07) is 3.75. The number of hydrogen-bond acceptors (Lipinski definition) is 4. The van der Waals surface area contributed by atoms with Crippen LogP contribution >= 0.6 is 15.9 Å². The van der Waals surface area contributed by atoms with Crippen molar-refractivity contribution in [1.82, 2.24) is 19.2 Å². The van der Waals surface area contributed by atoms with E-state index in [2.05, 4.69) is 26.0 Å². The van der Waals surface area contributed by atoms with Crippen LogP contribution < -0.4 is 0 Å². The Morgan fingerprint density at radius 2 is 2.30 bits per heavy atom. The Balaban J connectivity index is 1.93. The van der Waals surface area contributed by atoms with E-state index >= 15 is 0 Å². The number of aryl methyl sites for hydroxylation is 3. The number of furan rings is 1. The zero-order valence-corrected chi connectivity index (χ0v) is 12.2. The van der Waals surface area contributed by atoms with Crippen LogP contribution in [0.4, 0.5) is 0 Å². The van der Waals surface area contributed by atoms with Crippen molar-refractivity contribution in [2.45, 2.75) is 12.8 Å². The second-order valence-corrected chi connectivity index (χ2v) is 5.07. The number of carbonyl (C=O) groups is 1. The van der Waals surface area contributed by atoms with Crippen molar-refractivity contribution in [3.05, 3.63) is 40.3 Å². The fourth-order valence-electron chi connectivity index (χ4n) is 2.03. The Bertz CT molecular complexity index is 772. The van der Waals surface area contributed by atoms with Gasteiger partial charge < -0.3 is 9.52 Å². The van der Waals surface area contributed by atoms with Crippen LogP contribution in [-0.2, 0) is 19.9 Å². The zero-order valence-electron chi connectivity index (χ0n) is 10.6. The minimum Gasteiger partial charge on any atom is -0.476 e. The second kappa shape index (κ2) is 4.78. The van der Waals surface area contributed by atoms with Crippen LogP contribution in [0.5, 0.6) is 0 Å². The Labute approximate surface area is 122 Å². The van der Waals surface area contributed by atoms with Crippen molar-refractivity contribution in [2.24, 2.45) is 7.05 Å². The molecule has 8 heteroatoms. The summed E-state index contributed by atoms with van der Waals surface area (Å²) < 4.78 is 8.89. The standard InChI is InChI=1S/C12H11BrN4O3/c1-16-8(5-4-7-3-2-6-20-7)15-17-10(13)9(11(18)19)14-12(16)17/h2-3,6H,4-5H2,1H3,(H,18,19). The van der Waals surface area contributed by atoms with Gasteiger partial charge in [-0.15, -0.1) is 0 Å². The van der Waals surface area contributed by atoms with Gasteiger partial charge in [0.1, 0.15) is 16.2 Å². The van der Waals surface area contributed by atoms with Crippen molar-refractivity contribution < 1.29 is 14.3 Å². The highest BCUT2D eigenvalue weighted by molar-refractivity contribution is 9.10. The highest BCUT2D eigenvalue weighted by Crippen LogP contribution is 2.19. The number of rotatable bonds is 4. The molecule has 0 aliphatic carbocycles. The number of carboxylic acid groups (broad SMARTS) is 1. The van der Waals surface area contributed by atoms with Crippen LogP contribution in [0.3, 0.4) is 0 Å². The predicted octanol–water partition coefficient (Wildman–Crippen LogP) is 1.91. The molecule has 0 aliphatic rings. The topological polar surface area (TPSA) is 85.6 Å². The molecule has 20 heavy (non-hydrogen) atoms. The normalized spacial score (nSPS) is 11.3. The number of fused-ring (bicyclic) bond motifs is 1. The summed E-state index contributed by atoms with van der Waals surface area (Å²) >= 11 is 3.22. The average molecular weight is 339 g/mol. The van der Waals surface area contributed by atoms with Gasteiger partial charge in [-0.25, -0.2) is 9.78 Å². The number of imidazole rings is 1. The Kier molecular flexibility index (Phi) is 3.09. The predicted molar refractivity (Wildman–Crippen MR) is 72.7 cm³/mol. The van der Waals surface area contributed by atoms with Crippen molar-refractivity contribution >= 4 is 27.7 Å². The van der Waals surface area contributed by atoms with Crippen molar-refractivity contribution in [1.29, 1.82) is 0 Å². The quantitative estimate of drug-likeness (QED) is 0.785. The Morgan fingerprint density at radius 1 is 1.50 bits per heavy atom. The number of aromatic carboxylic acids is 1. The van der Waals surface area contributed by atoms with Gasteiger partial charge in [0.05, 0.1) is 6.26 Å². The SMILES string of the molecule is Cn1c(CCc2ccco2)nn2c(Br)c(C(=O)O)nc12. The Morgan fingerprint density at radius 3 is 2.90 bits per heavy atom. The van der Waals surface area contributed by atoms with Crippen LogP contribution in [0, 0.1) is 0 Å². The third-order valence-electron chi connectivity index (χ3n) is 3.06. The maximum atomic E-state index is 11.0. The molecule has 0 aliphatic heterocycles. The van der Waals surface area contributed by atoms with E-state index < -0.39 is 5.97 Å². The number of nitrogens with zero attached hydrogens (tertiary/aromatic N) is 4. The molecule has 3 aromatic rings. The molecule has 0 spiro atoms. The van der Waals surface area contributed by atoms with Crippen LogP contribution in [0.1, 0.15) is 22.1 Å². The molecule has 0 bridgehead atoms. The monoisotopic (exact) mass is 338 g/mol. The molecule has 0 unspecified atom stereocenters. The van der Waals surface area contributed by atoms with Crippen LogP contribution in [0.25, 0.3) is 5.78 Å². The summed E-state index contributed by atoms with van der Waals surface area (Å²) in [6.45, 7) is 0. The third-order valence-corrected chi connectivity index (χ3v) is 3.77. The number of hydrogen-bond donors (Lipinski definition) is 1. The summed E-state index contributed by atoms with van der Waals surface area (Å²) in [5.41, 5.74) is -0.0410. The number of halogens is 1. The fourth-order valence-corrected chi connectivity index (χ4v) is 2.52. The lowest BCUT2D eigenvalue weighted by molar-refractivity contribution is 0.0690. The molecule has 3 heterocycles.